The Labute approximate surface area is 602 Å². The van der Waals surface area contributed by atoms with Gasteiger partial charge in [-0.05, 0) is 53.1 Å². The molecule has 2 atom stereocenters. The number of hydrogen-bond acceptors (Lipinski definition) is 58. The topological polar surface area (TPSA) is 599 Å². The number of carbonyl (C=O) groups is 3. The minimum absolute atomic E-state index is 0.107. The Balaban J connectivity index is 3.85. The molecule has 636 valence electrons. The zero-order valence-corrected chi connectivity index (χ0v) is 58.2. The average Bonchev–Trinajstić information content (AvgIpc) is 0.952. The van der Waals surface area contributed by atoms with E-state index in [2.05, 4.69) is 272 Å². The highest BCUT2D eigenvalue weighted by molar-refractivity contribution is 7.47. The zero-order chi connectivity index (χ0) is 77.3. The first-order chi connectivity index (χ1) is 52.7. The quantitative estimate of drug-likeness (QED) is 0.0109. The fourth-order valence-corrected chi connectivity index (χ4v) is 8.01. The highest BCUT2D eigenvalue weighted by atomic mass is 31.2. The number of amides is 1. The lowest BCUT2D eigenvalue weighted by Crippen LogP contribution is -2.30. The number of rotatable bonds is 94. The van der Waals surface area contributed by atoms with Gasteiger partial charge in [-0.25, -0.2) is 14.2 Å². The van der Waals surface area contributed by atoms with Gasteiger partial charge in [0.1, 0.15) is 26.1 Å². The van der Waals surface area contributed by atoms with Crippen molar-refractivity contribution < 1.29 is 294 Å². The van der Waals surface area contributed by atoms with Gasteiger partial charge >= 0.3 is 25.9 Å². The van der Waals surface area contributed by atoms with Gasteiger partial charge in [-0.1, -0.05) is 200 Å². The largest absolute Gasteiger partial charge is 0.472 e. The SMILES string of the molecule is C=COOOOOOOOOOOOOOOOOOOOOOOOOOOOOOOOOOOOOOOOOOOOOOOOOCCOC(=O)NCCOP(=O)(O)OCC(COC(=O)CCCCCCCCCCCCCCCCC)OC(=O)CCCCCCCCCCCCCCCCC. The zero-order valence-electron chi connectivity index (χ0n) is 57.3. The predicted molar refractivity (Wildman–Crippen MR) is 289 cm³/mol. The molecule has 0 spiro atoms. The molecule has 60 nitrogen and oxygen atoms in total. The van der Waals surface area contributed by atoms with Crippen LogP contribution in [0.5, 0.6) is 0 Å². The molecule has 0 aliphatic heterocycles. The molecule has 0 bridgehead atoms. The molecule has 0 saturated heterocycles. The minimum atomic E-state index is -4.77. The number of nitrogens with one attached hydrogen (secondary N) is 1. The molecule has 0 aromatic rings. The Morgan fingerprint density at radius 2 is 0.579 bits per heavy atom. The van der Waals surface area contributed by atoms with E-state index in [-0.39, 0.29) is 19.4 Å². The molecule has 1 amide bonds. The second-order valence-electron chi connectivity index (χ2n) is 19.1. The fraction of sp³-hybridized carbons (Fsp3) is 0.891. The van der Waals surface area contributed by atoms with E-state index in [1.54, 1.807) is 0 Å². The highest BCUT2D eigenvalue weighted by Crippen LogP contribution is 2.43. The molecule has 2 unspecified atom stereocenters. The van der Waals surface area contributed by atoms with Crippen molar-refractivity contribution in [1.82, 2.24) is 5.32 Å². The summed E-state index contributed by atoms with van der Waals surface area (Å²) in [6.07, 6.45) is 34.1. The summed E-state index contributed by atoms with van der Waals surface area (Å²) >= 11 is 0. The Morgan fingerprint density at radius 1 is 0.318 bits per heavy atom. The molecule has 0 aromatic heterocycles. The Hall–Kier alpha value is -4.06. The summed E-state index contributed by atoms with van der Waals surface area (Å²) in [5.74, 6) is -1.06. The van der Waals surface area contributed by atoms with Crippen molar-refractivity contribution in [2.75, 3.05) is 39.6 Å². The maximum Gasteiger partial charge on any atom is 0.472 e. The summed E-state index contributed by atoms with van der Waals surface area (Å²) in [6, 6.07) is 0. The van der Waals surface area contributed by atoms with E-state index in [9.17, 15) is 23.8 Å². The molecule has 0 aliphatic carbocycles. The third-order valence-corrected chi connectivity index (χ3v) is 12.6. The van der Waals surface area contributed by atoms with E-state index in [0.29, 0.717) is 12.8 Å². The number of phosphoric ester groups is 1. The van der Waals surface area contributed by atoms with Crippen LogP contribution in [0.1, 0.15) is 219 Å². The Kier molecular flexibility index (Phi) is 85.8. The van der Waals surface area contributed by atoms with Crippen molar-refractivity contribution >= 4 is 25.9 Å². The van der Waals surface area contributed by atoms with Gasteiger partial charge in [-0.15, -0.1) is 0 Å². The predicted octanol–water partition coefficient (Wildman–Crippen LogP) is 9.70. The van der Waals surface area contributed by atoms with Crippen LogP contribution >= 0.6 is 7.82 Å². The minimum Gasteiger partial charge on any atom is -0.462 e. The normalized spacial score (nSPS) is 12.4. The molecule has 0 radical (unpaired) electrons. The first-order valence-corrected chi connectivity index (χ1v) is 33.3. The van der Waals surface area contributed by atoms with E-state index in [0.717, 1.165) is 51.2 Å². The van der Waals surface area contributed by atoms with E-state index >= 15 is 0 Å². The van der Waals surface area contributed by atoms with E-state index in [1.165, 1.54) is 135 Å². The number of alkyl carbamates (subject to hydrolysis) is 1. The average molecular weight is 1630 g/mol. The Bertz CT molecular complexity index is 1880. The van der Waals surface area contributed by atoms with Gasteiger partial charge in [-0.3, -0.25) is 18.6 Å². The molecular formula is C46H88NO59P. The third kappa shape index (κ3) is 89.0. The first kappa shape index (κ1) is 103. The van der Waals surface area contributed by atoms with Crippen molar-refractivity contribution in [2.45, 2.75) is 225 Å². The molecule has 61 heteroatoms. The number of ether oxygens (including phenoxy) is 3. The van der Waals surface area contributed by atoms with Crippen LogP contribution < -0.4 is 5.32 Å². The summed E-state index contributed by atoms with van der Waals surface area (Å²) < 4.78 is 38.4. The monoisotopic (exact) mass is 1630 g/mol. The van der Waals surface area contributed by atoms with Crippen LogP contribution in [-0.2, 0) is 284 Å². The van der Waals surface area contributed by atoms with Gasteiger partial charge in [0.25, 0.3) is 0 Å². The first-order valence-electron chi connectivity index (χ1n) is 31.8. The van der Waals surface area contributed by atoms with Gasteiger partial charge in [0.2, 0.25) is 0 Å². The van der Waals surface area contributed by atoms with Crippen LogP contribution in [0, 0.1) is 0 Å². The van der Waals surface area contributed by atoms with Crippen LogP contribution in [0.3, 0.4) is 0 Å². The van der Waals surface area contributed by atoms with Crippen LogP contribution in [0.2, 0.25) is 0 Å². The van der Waals surface area contributed by atoms with E-state index in [4.69, 9.17) is 23.3 Å². The van der Waals surface area contributed by atoms with Crippen LogP contribution in [0.15, 0.2) is 12.8 Å². The smallest absolute Gasteiger partial charge is 0.462 e. The van der Waals surface area contributed by atoms with Crippen molar-refractivity contribution in [1.29, 1.82) is 0 Å². The standard InChI is InChI=1S/C46H88NO59P/c1-4-7-9-11-13-15-17-19-21-23-25-27-29-31-33-35-44(48)54-41-43(59-45(49)36-34-32-30-28-26-24-22-20-18-16-14-12-10-8-5-2)42-58-107(51,52)57-38-37-47-46(50)53-39-40-56-61-63-65-67-69-71-73-75-77-79-81-83-85-87-89-91-93-95-97-99-101-103-105-106-104-102-100-98-96-94-92-90-88-86-84-82-80-78-76-74-72-70-68-66-64-62-60-55-6-3/h6,43H,3-5,7-42H2,1-2H3,(H,47,50)(H,51,52). The van der Waals surface area contributed by atoms with Gasteiger partial charge in [0.15, 0.2) is 6.10 Å². The van der Waals surface area contributed by atoms with E-state index in [1.807, 2.05) is 0 Å². The summed E-state index contributed by atoms with van der Waals surface area (Å²) in [4.78, 5) is 56.2. The maximum atomic E-state index is 12.9. The lowest BCUT2D eigenvalue weighted by molar-refractivity contribution is -0.910. The van der Waals surface area contributed by atoms with Crippen LogP contribution in [0.4, 0.5) is 4.79 Å². The maximum absolute atomic E-state index is 12.9. The summed E-state index contributed by atoms with van der Waals surface area (Å²) in [6.45, 7) is 4.76. The molecule has 0 aromatic carbocycles. The highest BCUT2D eigenvalue weighted by Gasteiger charge is 2.26. The third-order valence-electron chi connectivity index (χ3n) is 11.6. The number of carbonyl (C=O) groups excluding carboxylic acids is 3. The van der Waals surface area contributed by atoms with Crippen molar-refractivity contribution in [3.63, 3.8) is 0 Å². The Morgan fingerprint density at radius 3 is 0.869 bits per heavy atom. The fourth-order valence-electron chi connectivity index (χ4n) is 7.26. The number of esters is 2. The molecule has 0 heterocycles. The summed E-state index contributed by atoms with van der Waals surface area (Å²) in [5.41, 5.74) is 0. The second kappa shape index (κ2) is 89.1. The van der Waals surface area contributed by atoms with Crippen LogP contribution in [0.25, 0.3) is 0 Å². The molecule has 0 rings (SSSR count). The molecular weight excluding hydrogens is 1540 g/mol. The molecule has 107 heavy (non-hydrogen) atoms. The summed E-state index contributed by atoms with van der Waals surface area (Å²) in [5, 5.41) is 171. The van der Waals surface area contributed by atoms with Gasteiger partial charge < -0.3 is 29.3 Å². The van der Waals surface area contributed by atoms with Crippen LogP contribution in [-0.4, -0.2) is 68.6 Å². The molecule has 0 saturated carbocycles. The van der Waals surface area contributed by atoms with Gasteiger partial charge in [-0.2, -0.15) is 0 Å². The number of unbranched alkanes of at least 4 members (excludes halogenated alkanes) is 28. The lowest BCUT2D eigenvalue weighted by Gasteiger charge is -2.20. The van der Waals surface area contributed by atoms with Crippen molar-refractivity contribution in [3.05, 3.63) is 12.8 Å². The lowest BCUT2D eigenvalue weighted by atomic mass is 10.0. The van der Waals surface area contributed by atoms with Gasteiger partial charge in [0.05, 0.1) is 13.2 Å². The van der Waals surface area contributed by atoms with Crippen molar-refractivity contribution in [2.24, 2.45) is 0 Å². The molecule has 2 N–H and O–H groups in total. The van der Waals surface area contributed by atoms with Crippen molar-refractivity contribution in [3.8, 4) is 0 Å². The second-order valence-corrected chi connectivity index (χ2v) is 20.6. The van der Waals surface area contributed by atoms with E-state index < -0.39 is 65.0 Å². The number of hydrogen-bond donors (Lipinski definition) is 2. The van der Waals surface area contributed by atoms with Gasteiger partial charge in [0, 0.05) is 216 Å². The number of phosphoric acid groups is 1. The molecule has 0 fully saturated rings. The summed E-state index contributed by atoms with van der Waals surface area (Å²) in [7, 11) is -4.77. The molecule has 0 aliphatic rings.